The first-order valence-corrected chi connectivity index (χ1v) is 14.7. The Morgan fingerprint density at radius 2 is 1.50 bits per heavy atom. The minimum atomic E-state index is -0.213. The Bertz CT molecular complexity index is 1470. The van der Waals surface area contributed by atoms with E-state index in [1.165, 1.54) is 6.33 Å². The fourth-order valence-electron chi connectivity index (χ4n) is 5.92. The van der Waals surface area contributed by atoms with E-state index in [-0.39, 0.29) is 11.9 Å². The summed E-state index contributed by atoms with van der Waals surface area (Å²) in [4.78, 5) is 29.5. The Labute approximate surface area is 238 Å². The molecule has 9 nitrogen and oxygen atoms in total. The van der Waals surface area contributed by atoms with Gasteiger partial charge in [0.1, 0.15) is 17.8 Å². The molecule has 0 unspecified atom stereocenters. The molecule has 0 radical (unpaired) electrons. The molecule has 2 aromatic heterocycles. The first-order chi connectivity index (χ1) is 19.4. The van der Waals surface area contributed by atoms with Gasteiger partial charge >= 0.3 is 0 Å². The first-order valence-electron chi connectivity index (χ1n) is 13.9. The van der Waals surface area contributed by atoms with Crippen LogP contribution in [0, 0.1) is 0 Å². The fraction of sp³-hybridized carbons (Fsp3) is 0.367. The lowest BCUT2D eigenvalue weighted by atomic mass is 9.89. The van der Waals surface area contributed by atoms with Crippen LogP contribution in [0.5, 0.6) is 0 Å². The van der Waals surface area contributed by atoms with Crippen molar-refractivity contribution in [3.05, 3.63) is 66.6 Å². The van der Waals surface area contributed by atoms with Crippen molar-refractivity contribution in [2.45, 2.75) is 47.6 Å². The molecule has 0 spiro atoms. The third-order valence-corrected chi connectivity index (χ3v) is 9.24. The fourth-order valence-corrected chi connectivity index (χ4v) is 6.74. The molecule has 10 heteroatoms. The minimum Gasteiger partial charge on any atom is -0.399 e. The van der Waals surface area contributed by atoms with Crippen LogP contribution in [-0.2, 0) is 0 Å². The maximum Gasteiger partial charge on any atom is 0.258 e. The van der Waals surface area contributed by atoms with E-state index < -0.39 is 0 Å². The van der Waals surface area contributed by atoms with Gasteiger partial charge in [0.25, 0.3) is 5.91 Å². The average molecular weight is 557 g/mol. The van der Waals surface area contributed by atoms with Crippen molar-refractivity contribution in [2.75, 3.05) is 50.0 Å². The normalized spacial score (nSPS) is 20.5. The van der Waals surface area contributed by atoms with Gasteiger partial charge in [-0.2, -0.15) is 0 Å². The average Bonchev–Trinajstić information content (AvgIpc) is 3.37. The first kappa shape index (κ1) is 26.6. The van der Waals surface area contributed by atoms with Crippen LogP contribution in [0.3, 0.4) is 0 Å². The Kier molecular flexibility index (Phi) is 7.64. The molecule has 2 fully saturated rings. The van der Waals surface area contributed by atoms with Crippen LogP contribution >= 0.6 is 11.8 Å². The SMILES string of the molecule is CN1CCN(C2CCC(n3cc(C(=O)Nc4ccc(Sc5ccc(N)cc5)cc4)c4c(N)ncnc43)CC2)CC1. The molecule has 6 rings (SSSR count). The van der Waals surface area contributed by atoms with Crippen LogP contribution < -0.4 is 16.8 Å². The number of carbonyl (C=O) groups excluding carboxylic acids is 1. The summed E-state index contributed by atoms with van der Waals surface area (Å²) in [5.74, 6) is 0.116. The van der Waals surface area contributed by atoms with Gasteiger partial charge in [-0.1, -0.05) is 11.8 Å². The Hall–Kier alpha value is -3.60. The lowest BCUT2D eigenvalue weighted by Gasteiger charge is -2.41. The highest BCUT2D eigenvalue weighted by molar-refractivity contribution is 7.99. The number of benzene rings is 2. The number of nitrogens with zero attached hydrogens (tertiary/aromatic N) is 5. The van der Waals surface area contributed by atoms with Gasteiger partial charge in [0.05, 0.1) is 10.9 Å². The summed E-state index contributed by atoms with van der Waals surface area (Å²) in [5, 5.41) is 3.67. The van der Waals surface area contributed by atoms with E-state index in [1.807, 2.05) is 54.7 Å². The van der Waals surface area contributed by atoms with Crippen LogP contribution in [-0.4, -0.2) is 69.5 Å². The summed E-state index contributed by atoms with van der Waals surface area (Å²) in [5.41, 5.74) is 14.8. The Morgan fingerprint density at radius 1 is 0.875 bits per heavy atom. The molecule has 1 aliphatic heterocycles. The molecule has 0 bridgehead atoms. The van der Waals surface area contributed by atoms with E-state index in [2.05, 4.69) is 36.7 Å². The van der Waals surface area contributed by atoms with Crippen molar-refractivity contribution < 1.29 is 4.79 Å². The molecular weight excluding hydrogens is 520 g/mol. The molecule has 5 N–H and O–H groups in total. The molecule has 1 saturated heterocycles. The number of nitrogens with one attached hydrogen (secondary N) is 1. The van der Waals surface area contributed by atoms with Crippen molar-refractivity contribution in [3.8, 4) is 0 Å². The number of nitrogens with two attached hydrogens (primary N) is 2. The van der Waals surface area contributed by atoms with Gasteiger partial charge in [-0.15, -0.1) is 0 Å². The molecule has 1 aliphatic carbocycles. The molecular formula is C30H36N8OS. The number of fused-ring (bicyclic) bond motifs is 1. The monoisotopic (exact) mass is 556 g/mol. The van der Waals surface area contributed by atoms with Crippen molar-refractivity contribution in [2.24, 2.45) is 0 Å². The zero-order valence-corrected chi connectivity index (χ0v) is 23.6. The molecule has 3 heterocycles. The number of piperazine rings is 1. The number of likely N-dealkylation sites (N-methyl/N-ethyl adjacent to an activating group) is 1. The summed E-state index contributed by atoms with van der Waals surface area (Å²) >= 11 is 1.64. The number of hydrogen-bond donors (Lipinski definition) is 3. The van der Waals surface area contributed by atoms with Crippen molar-refractivity contribution >= 4 is 45.9 Å². The largest absolute Gasteiger partial charge is 0.399 e. The van der Waals surface area contributed by atoms with Crippen LogP contribution in [0.1, 0.15) is 42.1 Å². The smallest absolute Gasteiger partial charge is 0.258 e. The van der Waals surface area contributed by atoms with E-state index in [0.717, 1.165) is 78.7 Å². The highest BCUT2D eigenvalue weighted by Crippen LogP contribution is 2.36. The third-order valence-electron chi connectivity index (χ3n) is 8.23. The van der Waals surface area contributed by atoms with Gasteiger partial charge in [-0.3, -0.25) is 9.69 Å². The van der Waals surface area contributed by atoms with E-state index in [0.29, 0.717) is 22.8 Å². The van der Waals surface area contributed by atoms with Gasteiger partial charge in [0.2, 0.25) is 0 Å². The van der Waals surface area contributed by atoms with Gasteiger partial charge in [-0.25, -0.2) is 9.97 Å². The second-order valence-electron chi connectivity index (χ2n) is 10.9. The van der Waals surface area contributed by atoms with Gasteiger partial charge < -0.3 is 26.3 Å². The number of aromatic nitrogens is 3. The van der Waals surface area contributed by atoms with Gasteiger partial charge in [0, 0.05) is 65.6 Å². The molecule has 0 atom stereocenters. The number of carbonyl (C=O) groups is 1. The van der Waals surface area contributed by atoms with Crippen molar-refractivity contribution in [1.82, 2.24) is 24.3 Å². The van der Waals surface area contributed by atoms with Crippen LogP contribution in [0.2, 0.25) is 0 Å². The number of amides is 1. The summed E-state index contributed by atoms with van der Waals surface area (Å²) in [6.45, 7) is 4.57. The maximum atomic E-state index is 13.5. The number of hydrogen-bond acceptors (Lipinski definition) is 8. The standard InChI is InChI=1S/C30H36N8OS/c1-36-14-16-37(17-15-36)22-6-8-23(9-7-22)38-18-26(27-28(32)33-19-34-29(27)38)30(39)35-21-4-12-25(13-5-21)40-24-10-2-20(31)3-11-24/h2-5,10-13,18-19,22-23H,6-9,14-17,31H2,1H3,(H,35,39)(H2,32,33,34). The van der Waals surface area contributed by atoms with E-state index in [9.17, 15) is 4.79 Å². The Balaban J connectivity index is 1.16. The molecule has 1 amide bonds. The second-order valence-corrected chi connectivity index (χ2v) is 12.0. The number of nitrogen functional groups attached to an aromatic ring is 2. The molecule has 4 aromatic rings. The van der Waals surface area contributed by atoms with Crippen LogP contribution in [0.15, 0.2) is 70.8 Å². The molecule has 2 aromatic carbocycles. The third kappa shape index (κ3) is 5.65. The van der Waals surface area contributed by atoms with E-state index in [4.69, 9.17) is 11.5 Å². The van der Waals surface area contributed by atoms with Crippen molar-refractivity contribution in [1.29, 1.82) is 0 Å². The predicted octanol–water partition coefficient (Wildman–Crippen LogP) is 4.73. The van der Waals surface area contributed by atoms with Crippen LogP contribution in [0.4, 0.5) is 17.2 Å². The zero-order valence-electron chi connectivity index (χ0n) is 22.8. The Morgan fingerprint density at radius 3 is 2.17 bits per heavy atom. The summed E-state index contributed by atoms with van der Waals surface area (Å²) < 4.78 is 2.16. The molecule has 2 aliphatic rings. The summed E-state index contributed by atoms with van der Waals surface area (Å²) in [7, 11) is 2.20. The lowest BCUT2D eigenvalue weighted by Crippen LogP contribution is -2.49. The number of rotatable bonds is 6. The van der Waals surface area contributed by atoms with Crippen molar-refractivity contribution in [3.63, 3.8) is 0 Å². The molecule has 40 heavy (non-hydrogen) atoms. The molecule has 1 saturated carbocycles. The quantitative estimate of drug-likeness (QED) is 0.292. The highest BCUT2D eigenvalue weighted by atomic mass is 32.2. The predicted molar refractivity (Wildman–Crippen MR) is 162 cm³/mol. The van der Waals surface area contributed by atoms with Gasteiger partial charge in [-0.05, 0) is 81.3 Å². The van der Waals surface area contributed by atoms with E-state index >= 15 is 0 Å². The lowest BCUT2D eigenvalue weighted by molar-refractivity contribution is 0.0827. The second kappa shape index (κ2) is 11.5. The zero-order chi connectivity index (χ0) is 27.6. The minimum absolute atomic E-state index is 0.213. The van der Waals surface area contributed by atoms with E-state index in [1.54, 1.807) is 11.8 Å². The number of anilines is 3. The summed E-state index contributed by atoms with van der Waals surface area (Å²) in [6, 6.07) is 16.5. The van der Waals surface area contributed by atoms with Gasteiger partial charge in [0.15, 0.2) is 0 Å². The summed E-state index contributed by atoms with van der Waals surface area (Å²) in [6.07, 6.45) is 7.83. The maximum absolute atomic E-state index is 13.5. The topological polar surface area (TPSA) is 118 Å². The van der Waals surface area contributed by atoms with Crippen LogP contribution in [0.25, 0.3) is 11.0 Å². The molecule has 208 valence electrons. The highest BCUT2D eigenvalue weighted by Gasteiger charge is 2.30.